The molecule has 0 aromatic heterocycles. The lowest BCUT2D eigenvalue weighted by Crippen LogP contribution is -2.52. The van der Waals surface area contributed by atoms with E-state index < -0.39 is 0 Å². The summed E-state index contributed by atoms with van der Waals surface area (Å²) in [5.74, 6) is 1.64. The van der Waals surface area contributed by atoms with E-state index in [1.165, 1.54) is 19.5 Å². The van der Waals surface area contributed by atoms with Gasteiger partial charge in [0.2, 0.25) is 0 Å². The molecule has 70 valence electrons. The average Bonchev–Trinajstić information content (AvgIpc) is 2.35. The van der Waals surface area contributed by atoms with Crippen molar-refractivity contribution in [2.45, 2.75) is 20.3 Å². The molecule has 0 aromatic rings. The smallest absolute Gasteiger partial charge is 0.0550 e. The summed E-state index contributed by atoms with van der Waals surface area (Å²) in [7, 11) is 0. The molecule has 2 rings (SSSR count). The van der Waals surface area contributed by atoms with Gasteiger partial charge < -0.3 is 10.1 Å². The van der Waals surface area contributed by atoms with Crippen molar-refractivity contribution in [1.29, 1.82) is 0 Å². The Bertz CT molecular complexity index is 157. The fourth-order valence-corrected chi connectivity index (χ4v) is 2.52. The van der Waals surface area contributed by atoms with Crippen LogP contribution in [0, 0.1) is 17.3 Å². The lowest BCUT2D eigenvalue weighted by atomic mass is 9.66. The normalized spacial score (nSPS) is 33.8. The summed E-state index contributed by atoms with van der Waals surface area (Å²) in [6.45, 7) is 9.08. The minimum atomic E-state index is 0.517. The van der Waals surface area contributed by atoms with Crippen LogP contribution in [0.1, 0.15) is 20.3 Å². The van der Waals surface area contributed by atoms with E-state index in [0.29, 0.717) is 5.41 Å². The Hall–Kier alpha value is -0.0800. The first-order valence-electron chi connectivity index (χ1n) is 5.04. The first-order valence-corrected chi connectivity index (χ1v) is 5.04. The van der Waals surface area contributed by atoms with Crippen molar-refractivity contribution < 1.29 is 4.74 Å². The molecule has 2 nitrogen and oxygen atoms in total. The fourth-order valence-electron chi connectivity index (χ4n) is 2.52. The quantitative estimate of drug-likeness (QED) is 0.672. The molecule has 1 N–H and O–H groups in total. The largest absolute Gasteiger partial charge is 0.380 e. The summed E-state index contributed by atoms with van der Waals surface area (Å²) < 4.78 is 5.38. The number of ether oxygens (including phenoxy) is 1. The third-order valence-corrected chi connectivity index (χ3v) is 3.76. The van der Waals surface area contributed by atoms with Crippen LogP contribution in [-0.2, 0) is 4.74 Å². The molecule has 0 spiro atoms. The van der Waals surface area contributed by atoms with Crippen LogP contribution >= 0.6 is 0 Å². The molecule has 2 saturated heterocycles. The summed E-state index contributed by atoms with van der Waals surface area (Å²) in [5, 5.41) is 3.45. The maximum atomic E-state index is 5.38. The predicted octanol–water partition coefficient (Wildman–Crippen LogP) is 1.27. The van der Waals surface area contributed by atoms with Crippen molar-refractivity contribution in [2.75, 3.05) is 26.3 Å². The molecule has 2 heteroatoms. The molecule has 1 unspecified atom stereocenters. The third-order valence-electron chi connectivity index (χ3n) is 3.76. The Labute approximate surface area is 74.7 Å². The van der Waals surface area contributed by atoms with Gasteiger partial charge in [0.15, 0.2) is 0 Å². The summed E-state index contributed by atoms with van der Waals surface area (Å²) in [4.78, 5) is 0. The molecule has 12 heavy (non-hydrogen) atoms. The Morgan fingerprint density at radius 2 is 2.17 bits per heavy atom. The van der Waals surface area contributed by atoms with Crippen LogP contribution in [0.3, 0.4) is 0 Å². The van der Waals surface area contributed by atoms with E-state index in [-0.39, 0.29) is 0 Å². The minimum absolute atomic E-state index is 0.517. The second-order valence-electron chi connectivity index (χ2n) is 4.57. The van der Waals surface area contributed by atoms with Crippen LogP contribution in [0.5, 0.6) is 0 Å². The second-order valence-corrected chi connectivity index (χ2v) is 4.57. The van der Waals surface area contributed by atoms with Gasteiger partial charge in [-0.2, -0.15) is 0 Å². The molecule has 0 aliphatic carbocycles. The molecule has 2 aliphatic heterocycles. The molecule has 0 amide bonds. The zero-order valence-corrected chi connectivity index (χ0v) is 8.10. The van der Waals surface area contributed by atoms with E-state index in [9.17, 15) is 0 Å². The van der Waals surface area contributed by atoms with Crippen molar-refractivity contribution in [2.24, 2.45) is 17.3 Å². The van der Waals surface area contributed by atoms with Gasteiger partial charge in [-0.25, -0.2) is 0 Å². The summed E-state index contributed by atoms with van der Waals surface area (Å²) in [6, 6.07) is 0. The topological polar surface area (TPSA) is 21.3 Å². The Morgan fingerprint density at radius 1 is 1.42 bits per heavy atom. The summed E-state index contributed by atoms with van der Waals surface area (Å²) in [6.07, 6.45) is 1.35. The van der Waals surface area contributed by atoms with Crippen LogP contribution in [0.2, 0.25) is 0 Å². The molecule has 2 aliphatic rings. The second kappa shape index (κ2) is 3.00. The first-order chi connectivity index (χ1) is 5.76. The van der Waals surface area contributed by atoms with Gasteiger partial charge in [0.1, 0.15) is 0 Å². The molecule has 1 atom stereocenters. The highest BCUT2D eigenvalue weighted by molar-refractivity contribution is 4.97. The van der Waals surface area contributed by atoms with E-state index in [1.807, 2.05) is 0 Å². The molecule has 0 bridgehead atoms. The van der Waals surface area contributed by atoms with E-state index >= 15 is 0 Å². The van der Waals surface area contributed by atoms with Crippen molar-refractivity contribution in [1.82, 2.24) is 5.32 Å². The van der Waals surface area contributed by atoms with Crippen LogP contribution in [0.4, 0.5) is 0 Å². The summed E-state index contributed by atoms with van der Waals surface area (Å²) >= 11 is 0. The Kier molecular flexibility index (Phi) is 2.13. The minimum Gasteiger partial charge on any atom is -0.380 e. The number of nitrogens with one attached hydrogen (secondary N) is 1. The van der Waals surface area contributed by atoms with E-state index in [0.717, 1.165) is 25.0 Å². The fraction of sp³-hybridized carbons (Fsp3) is 1.00. The van der Waals surface area contributed by atoms with Gasteiger partial charge in [0.25, 0.3) is 0 Å². The molecule has 2 heterocycles. The van der Waals surface area contributed by atoms with Gasteiger partial charge in [0.05, 0.1) is 13.2 Å². The van der Waals surface area contributed by atoms with Gasteiger partial charge in [-0.15, -0.1) is 0 Å². The number of hydrogen-bond acceptors (Lipinski definition) is 2. The molecule has 0 radical (unpaired) electrons. The van der Waals surface area contributed by atoms with Crippen molar-refractivity contribution in [3.05, 3.63) is 0 Å². The molecule has 0 aromatic carbocycles. The SMILES string of the molecule is CC(C)C1(C2CCNC2)COC1. The van der Waals surface area contributed by atoms with Gasteiger partial charge >= 0.3 is 0 Å². The van der Waals surface area contributed by atoms with Crippen molar-refractivity contribution in [3.63, 3.8) is 0 Å². The molecular weight excluding hydrogens is 150 g/mol. The highest BCUT2D eigenvalue weighted by Gasteiger charge is 2.48. The van der Waals surface area contributed by atoms with Crippen LogP contribution in [0.25, 0.3) is 0 Å². The Balaban J connectivity index is 2.05. The van der Waals surface area contributed by atoms with Gasteiger partial charge in [-0.3, -0.25) is 0 Å². The van der Waals surface area contributed by atoms with E-state index in [1.54, 1.807) is 0 Å². The lowest BCUT2D eigenvalue weighted by molar-refractivity contribution is -0.167. The molecular formula is C10H19NO. The molecule has 0 saturated carbocycles. The van der Waals surface area contributed by atoms with Crippen molar-refractivity contribution >= 4 is 0 Å². The predicted molar refractivity (Wildman–Crippen MR) is 49.1 cm³/mol. The van der Waals surface area contributed by atoms with E-state index in [2.05, 4.69) is 19.2 Å². The monoisotopic (exact) mass is 169 g/mol. The maximum absolute atomic E-state index is 5.38. The van der Waals surface area contributed by atoms with Gasteiger partial charge in [-0.1, -0.05) is 13.8 Å². The van der Waals surface area contributed by atoms with E-state index in [4.69, 9.17) is 4.74 Å². The van der Waals surface area contributed by atoms with Crippen LogP contribution in [0.15, 0.2) is 0 Å². The zero-order chi connectivity index (χ0) is 8.60. The van der Waals surface area contributed by atoms with Crippen LogP contribution in [-0.4, -0.2) is 26.3 Å². The van der Waals surface area contributed by atoms with Gasteiger partial charge in [-0.05, 0) is 31.3 Å². The third kappa shape index (κ3) is 1.09. The molecule has 2 fully saturated rings. The Morgan fingerprint density at radius 3 is 2.50 bits per heavy atom. The van der Waals surface area contributed by atoms with Crippen LogP contribution < -0.4 is 5.32 Å². The highest BCUT2D eigenvalue weighted by atomic mass is 16.5. The lowest BCUT2D eigenvalue weighted by Gasteiger charge is -2.49. The first kappa shape index (κ1) is 8.52. The standard InChI is InChI=1S/C10H19NO/c1-8(2)10(6-12-7-10)9-3-4-11-5-9/h8-9,11H,3-7H2,1-2H3. The zero-order valence-electron chi connectivity index (χ0n) is 8.10. The number of rotatable bonds is 2. The van der Waals surface area contributed by atoms with Gasteiger partial charge in [0, 0.05) is 5.41 Å². The number of hydrogen-bond donors (Lipinski definition) is 1. The summed E-state index contributed by atoms with van der Waals surface area (Å²) in [5.41, 5.74) is 0.517. The van der Waals surface area contributed by atoms with Crippen molar-refractivity contribution in [3.8, 4) is 0 Å². The highest BCUT2D eigenvalue weighted by Crippen LogP contribution is 2.45. The average molecular weight is 169 g/mol. The maximum Gasteiger partial charge on any atom is 0.0550 e.